The minimum absolute atomic E-state index is 0.267. The van der Waals surface area contributed by atoms with Crippen molar-refractivity contribution >= 4 is 31.2 Å². The van der Waals surface area contributed by atoms with E-state index in [4.69, 9.17) is 0 Å². The molecule has 2 rings (SSSR count). The number of nitrogens with one attached hydrogen (secondary N) is 1. The van der Waals surface area contributed by atoms with E-state index in [1.807, 2.05) is 51.1 Å². The molecule has 0 aliphatic rings. The monoisotopic (exact) mass is 470 g/mol. The average molecular weight is 471 g/mol. The Kier molecular flexibility index (Phi) is 6.62. The van der Waals surface area contributed by atoms with Gasteiger partial charge in [0.2, 0.25) is 0 Å². The van der Waals surface area contributed by atoms with Crippen LogP contribution in [-0.2, 0) is 31.2 Å². The molecule has 0 aromatic heterocycles. The van der Waals surface area contributed by atoms with Gasteiger partial charge >= 0.3 is 25.8 Å². The lowest BCUT2D eigenvalue weighted by Crippen LogP contribution is -2.42. The van der Waals surface area contributed by atoms with Gasteiger partial charge in [-0.15, -0.1) is 0 Å². The molecule has 12 heteroatoms. The Hall–Kier alpha value is -1.76. The molecule has 0 aliphatic heterocycles. The quantitative estimate of drug-likeness (QED) is 0.652. The molecular formula is C17H19F3NO5S3+. The first-order chi connectivity index (χ1) is 13.1. The van der Waals surface area contributed by atoms with Crippen molar-refractivity contribution in [1.29, 1.82) is 0 Å². The van der Waals surface area contributed by atoms with E-state index in [0.717, 1.165) is 4.90 Å². The fraction of sp³-hybridized carbons (Fsp3) is 0.294. The van der Waals surface area contributed by atoms with Crippen molar-refractivity contribution in [3.63, 3.8) is 0 Å². The molecule has 1 atom stereocenters. The normalized spacial score (nSPS) is 14.4. The lowest BCUT2D eigenvalue weighted by Gasteiger charge is -2.21. The minimum Gasteiger partial charge on any atom is -0.370 e. The van der Waals surface area contributed by atoms with E-state index in [1.165, 1.54) is 18.2 Å². The Labute approximate surface area is 170 Å². The van der Waals surface area contributed by atoms with Gasteiger partial charge < -0.3 is 4.18 Å². The predicted molar refractivity (Wildman–Crippen MR) is 104 cm³/mol. The van der Waals surface area contributed by atoms with E-state index in [1.54, 1.807) is 6.07 Å². The lowest BCUT2D eigenvalue weighted by atomic mass is 10.3. The van der Waals surface area contributed by atoms with E-state index >= 15 is 0 Å². The highest BCUT2D eigenvalue weighted by Gasteiger charge is 2.49. The van der Waals surface area contributed by atoms with Crippen molar-refractivity contribution in [3.05, 3.63) is 54.6 Å². The maximum absolute atomic E-state index is 12.4. The molecule has 0 amide bonds. The number of hydrogen-bond acceptors (Lipinski definition) is 5. The second kappa shape index (κ2) is 8.17. The Balaban J connectivity index is 2.38. The SMILES string of the molecule is CC(C)(C)[S+](c1ccccc1)c1cccc(OS(=O)(=O)NS(=O)(=O)C(F)(F)F)c1. The maximum Gasteiger partial charge on any atom is 0.512 e. The van der Waals surface area contributed by atoms with Gasteiger partial charge in [-0.2, -0.15) is 21.6 Å². The van der Waals surface area contributed by atoms with Crippen molar-refractivity contribution in [2.45, 2.75) is 40.8 Å². The lowest BCUT2D eigenvalue weighted by molar-refractivity contribution is -0.0442. The third-order valence-electron chi connectivity index (χ3n) is 3.35. The smallest absolute Gasteiger partial charge is 0.370 e. The Morgan fingerprint density at radius 1 is 0.862 bits per heavy atom. The molecule has 160 valence electrons. The molecule has 0 spiro atoms. The third-order valence-corrected chi connectivity index (χ3v) is 8.76. The van der Waals surface area contributed by atoms with Gasteiger partial charge in [0.15, 0.2) is 9.79 Å². The van der Waals surface area contributed by atoms with Crippen molar-refractivity contribution in [2.24, 2.45) is 0 Å². The first-order valence-electron chi connectivity index (χ1n) is 8.06. The van der Waals surface area contributed by atoms with Gasteiger partial charge in [0.25, 0.3) is 0 Å². The van der Waals surface area contributed by atoms with Crippen LogP contribution >= 0.6 is 0 Å². The molecule has 0 saturated carbocycles. The molecule has 29 heavy (non-hydrogen) atoms. The van der Waals surface area contributed by atoms with Crippen LogP contribution in [0.2, 0.25) is 0 Å². The van der Waals surface area contributed by atoms with Gasteiger partial charge in [-0.1, -0.05) is 28.4 Å². The summed E-state index contributed by atoms with van der Waals surface area (Å²) in [6.45, 7) is 5.97. The van der Waals surface area contributed by atoms with E-state index in [0.29, 0.717) is 9.02 Å². The van der Waals surface area contributed by atoms with E-state index in [-0.39, 0.29) is 10.5 Å². The summed E-state index contributed by atoms with van der Waals surface area (Å²) >= 11 is 0. The number of hydrogen-bond donors (Lipinski definition) is 1. The van der Waals surface area contributed by atoms with E-state index in [9.17, 15) is 30.0 Å². The zero-order valence-corrected chi connectivity index (χ0v) is 18.0. The molecule has 0 fully saturated rings. The zero-order chi connectivity index (χ0) is 22.1. The molecule has 0 radical (unpaired) electrons. The van der Waals surface area contributed by atoms with Gasteiger partial charge in [-0.3, -0.25) is 0 Å². The minimum atomic E-state index is -6.13. The van der Waals surface area contributed by atoms with Gasteiger partial charge in [-0.25, -0.2) is 8.42 Å². The largest absolute Gasteiger partial charge is 0.512 e. The van der Waals surface area contributed by atoms with Crippen molar-refractivity contribution < 1.29 is 34.2 Å². The van der Waals surface area contributed by atoms with Crippen LogP contribution in [0.1, 0.15) is 20.8 Å². The summed E-state index contributed by atoms with van der Waals surface area (Å²) < 4.78 is 87.8. The third kappa shape index (κ3) is 6.11. The maximum atomic E-state index is 12.4. The summed E-state index contributed by atoms with van der Waals surface area (Å²) in [6.07, 6.45) is 0. The highest BCUT2D eigenvalue weighted by Crippen LogP contribution is 2.36. The van der Waals surface area contributed by atoms with Crippen molar-refractivity contribution in [3.8, 4) is 5.75 Å². The molecule has 6 nitrogen and oxygen atoms in total. The van der Waals surface area contributed by atoms with Crippen LogP contribution in [0.15, 0.2) is 64.4 Å². The summed E-state index contributed by atoms with van der Waals surface area (Å²) in [6, 6.07) is 15.2. The van der Waals surface area contributed by atoms with Crippen LogP contribution < -0.4 is 8.31 Å². The van der Waals surface area contributed by atoms with Gasteiger partial charge in [0.1, 0.15) is 10.5 Å². The average Bonchev–Trinajstić information content (AvgIpc) is 2.52. The van der Waals surface area contributed by atoms with Gasteiger partial charge in [-0.05, 0) is 45.0 Å². The Bertz CT molecular complexity index is 1060. The topological polar surface area (TPSA) is 89.5 Å². The molecule has 2 aromatic rings. The molecule has 0 saturated heterocycles. The summed E-state index contributed by atoms with van der Waals surface area (Å²) in [5.74, 6) is -0.315. The summed E-state index contributed by atoms with van der Waals surface area (Å²) in [5.41, 5.74) is -5.79. The Morgan fingerprint density at radius 2 is 1.41 bits per heavy atom. The van der Waals surface area contributed by atoms with Crippen LogP contribution in [0.3, 0.4) is 0 Å². The molecule has 2 aromatic carbocycles. The molecule has 0 heterocycles. The summed E-state index contributed by atoms with van der Waals surface area (Å²) in [7, 11) is -11.9. The first kappa shape index (κ1) is 23.5. The second-order valence-corrected chi connectivity index (χ2v) is 12.8. The van der Waals surface area contributed by atoms with Crippen molar-refractivity contribution in [2.75, 3.05) is 0 Å². The fourth-order valence-corrected chi connectivity index (χ4v) is 6.89. The highest BCUT2D eigenvalue weighted by molar-refractivity contribution is 8.03. The van der Waals surface area contributed by atoms with Crippen LogP contribution in [0.5, 0.6) is 5.75 Å². The molecular weight excluding hydrogens is 451 g/mol. The highest BCUT2D eigenvalue weighted by atomic mass is 32.3. The van der Waals surface area contributed by atoms with Crippen LogP contribution in [0.25, 0.3) is 0 Å². The second-order valence-electron chi connectivity index (χ2n) is 6.78. The summed E-state index contributed by atoms with van der Waals surface area (Å²) in [5, 5.41) is 0. The molecule has 1 unspecified atom stereocenters. The van der Waals surface area contributed by atoms with E-state index in [2.05, 4.69) is 4.18 Å². The first-order valence-corrected chi connectivity index (χ1v) is 12.2. The van der Waals surface area contributed by atoms with Gasteiger partial charge in [0.05, 0.1) is 10.9 Å². The number of sulfonamides is 1. The zero-order valence-electron chi connectivity index (χ0n) is 15.6. The predicted octanol–water partition coefficient (Wildman–Crippen LogP) is 3.58. The summed E-state index contributed by atoms with van der Waals surface area (Å²) in [4.78, 5) is 1.65. The Morgan fingerprint density at radius 3 is 1.93 bits per heavy atom. The standard InChI is InChI=1S/C17H19F3NO5S3/c1-16(2,3)27(14-9-5-4-6-10-14)15-11-7-8-13(12-15)26-29(24,25)21-28(22,23)17(18,19)20/h4-12,21H,1-3H3/q+1. The van der Waals surface area contributed by atoms with Crippen molar-refractivity contribution in [1.82, 2.24) is 4.13 Å². The molecule has 0 bridgehead atoms. The van der Waals surface area contributed by atoms with Crippen LogP contribution in [0, 0.1) is 0 Å². The number of alkyl halides is 3. The van der Waals surface area contributed by atoms with Gasteiger partial charge in [0, 0.05) is 6.07 Å². The van der Waals surface area contributed by atoms with E-state index < -0.39 is 36.7 Å². The number of rotatable bonds is 6. The number of benzene rings is 2. The van der Waals surface area contributed by atoms with Crippen LogP contribution in [0.4, 0.5) is 13.2 Å². The fourth-order valence-electron chi connectivity index (χ4n) is 2.38. The molecule has 0 aliphatic carbocycles. The number of halogens is 3. The van der Waals surface area contributed by atoms with Crippen LogP contribution in [-0.4, -0.2) is 27.1 Å². The molecule has 1 N–H and O–H groups in total.